The van der Waals surface area contributed by atoms with E-state index in [1.165, 1.54) is 6.07 Å². The van der Waals surface area contributed by atoms with Gasteiger partial charge in [0.15, 0.2) is 6.10 Å². The first-order valence-corrected chi connectivity index (χ1v) is 5.34. The molecular formula is C12H9ClO4. The third-order valence-corrected chi connectivity index (χ3v) is 2.53. The zero-order valence-electron chi connectivity index (χ0n) is 8.98. The Bertz CT molecular complexity index is 617. The van der Waals surface area contributed by atoms with Crippen LogP contribution in [0.25, 0.3) is 11.0 Å². The van der Waals surface area contributed by atoms with Gasteiger partial charge in [0, 0.05) is 17.5 Å². The lowest BCUT2D eigenvalue weighted by Crippen LogP contribution is -2.18. The largest absolute Gasteiger partial charge is 0.481 e. The lowest BCUT2D eigenvalue weighted by molar-refractivity contribution is -0.117. The summed E-state index contributed by atoms with van der Waals surface area (Å²) in [6.45, 7) is 1.54. The average Bonchev–Trinajstić information content (AvgIpc) is 2.28. The second kappa shape index (κ2) is 4.59. The molecule has 0 spiro atoms. The Labute approximate surface area is 102 Å². The van der Waals surface area contributed by atoms with Gasteiger partial charge in [-0.15, -0.1) is 0 Å². The Morgan fingerprint density at radius 3 is 2.76 bits per heavy atom. The first kappa shape index (κ1) is 11.7. The number of rotatable bonds is 3. The number of halogens is 1. The van der Waals surface area contributed by atoms with Crippen molar-refractivity contribution in [3.05, 3.63) is 40.8 Å². The van der Waals surface area contributed by atoms with Crippen LogP contribution in [0.4, 0.5) is 0 Å². The molecule has 1 aromatic carbocycles. The minimum Gasteiger partial charge on any atom is -0.481 e. The summed E-state index contributed by atoms with van der Waals surface area (Å²) in [4.78, 5) is 21.9. The third kappa shape index (κ3) is 2.65. The third-order valence-electron chi connectivity index (χ3n) is 2.23. The van der Waals surface area contributed by atoms with E-state index in [1.54, 1.807) is 31.2 Å². The van der Waals surface area contributed by atoms with Crippen molar-refractivity contribution in [3.8, 4) is 5.75 Å². The summed E-state index contributed by atoms with van der Waals surface area (Å²) in [7, 11) is 0. The summed E-state index contributed by atoms with van der Waals surface area (Å²) >= 11 is 5.28. The fraction of sp³-hybridized carbons (Fsp3) is 0.167. The van der Waals surface area contributed by atoms with Gasteiger partial charge in [0.1, 0.15) is 11.3 Å². The summed E-state index contributed by atoms with van der Waals surface area (Å²) < 4.78 is 10.3. The fourth-order valence-corrected chi connectivity index (χ4v) is 1.41. The Balaban J connectivity index is 2.37. The number of carbonyl (C=O) groups is 1. The highest BCUT2D eigenvalue weighted by atomic mass is 35.5. The van der Waals surface area contributed by atoms with Crippen molar-refractivity contribution in [2.45, 2.75) is 13.0 Å². The van der Waals surface area contributed by atoms with Crippen LogP contribution >= 0.6 is 11.6 Å². The first-order chi connectivity index (χ1) is 8.06. The molecule has 2 aromatic rings. The van der Waals surface area contributed by atoms with E-state index < -0.39 is 17.0 Å². The van der Waals surface area contributed by atoms with Gasteiger partial charge in [-0.3, -0.25) is 4.79 Å². The molecule has 5 heteroatoms. The number of hydrogen-bond donors (Lipinski definition) is 0. The van der Waals surface area contributed by atoms with E-state index in [-0.39, 0.29) is 0 Å². The van der Waals surface area contributed by atoms with Crippen molar-refractivity contribution < 1.29 is 13.9 Å². The first-order valence-electron chi connectivity index (χ1n) is 4.96. The van der Waals surface area contributed by atoms with E-state index in [2.05, 4.69) is 0 Å². The van der Waals surface area contributed by atoms with E-state index in [0.717, 1.165) is 5.39 Å². The van der Waals surface area contributed by atoms with Crippen molar-refractivity contribution in [2.24, 2.45) is 0 Å². The second-order valence-electron chi connectivity index (χ2n) is 3.52. The van der Waals surface area contributed by atoms with Crippen LogP contribution in [0.15, 0.2) is 39.5 Å². The maximum Gasteiger partial charge on any atom is 0.336 e. The Morgan fingerprint density at radius 1 is 1.35 bits per heavy atom. The predicted molar refractivity (Wildman–Crippen MR) is 63.4 cm³/mol. The molecule has 0 N–H and O–H groups in total. The van der Waals surface area contributed by atoms with Crippen LogP contribution in [0, 0.1) is 0 Å². The summed E-state index contributed by atoms with van der Waals surface area (Å²) in [5.74, 6) is 0.424. The molecule has 0 aliphatic rings. The highest BCUT2D eigenvalue weighted by Crippen LogP contribution is 2.20. The summed E-state index contributed by atoms with van der Waals surface area (Å²) in [5.41, 5.74) is -0.0275. The van der Waals surface area contributed by atoms with Crippen LogP contribution in [-0.4, -0.2) is 11.3 Å². The number of benzene rings is 1. The van der Waals surface area contributed by atoms with Crippen LogP contribution in [0.5, 0.6) is 5.75 Å². The minimum absolute atomic E-state index is 0.407. The molecule has 0 aliphatic carbocycles. The van der Waals surface area contributed by atoms with Gasteiger partial charge in [-0.05, 0) is 36.7 Å². The van der Waals surface area contributed by atoms with Gasteiger partial charge in [0.25, 0.3) is 5.24 Å². The van der Waals surface area contributed by atoms with E-state index in [9.17, 15) is 9.59 Å². The Hall–Kier alpha value is -1.81. The molecule has 17 heavy (non-hydrogen) atoms. The highest BCUT2D eigenvalue weighted by Gasteiger charge is 2.11. The SMILES string of the molecule is CC(Oc1ccc2ccc(=O)oc2c1)C(=O)Cl. The van der Waals surface area contributed by atoms with Gasteiger partial charge in [-0.2, -0.15) is 0 Å². The molecule has 0 fully saturated rings. The monoisotopic (exact) mass is 252 g/mol. The van der Waals surface area contributed by atoms with Gasteiger partial charge in [0.2, 0.25) is 0 Å². The standard InChI is InChI=1S/C12H9ClO4/c1-7(12(13)15)16-9-4-2-8-3-5-11(14)17-10(8)6-9/h2-7H,1H3. The number of ether oxygens (including phenoxy) is 1. The Kier molecular flexibility index (Phi) is 3.15. The summed E-state index contributed by atoms with van der Waals surface area (Å²) in [5, 5.41) is 0.196. The molecule has 1 aromatic heterocycles. The fourth-order valence-electron chi connectivity index (χ4n) is 1.36. The molecule has 0 amide bonds. The van der Waals surface area contributed by atoms with Crippen LogP contribution in [0.1, 0.15) is 6.92 Å². The van der Waals surface area contributed by atoms with Crippen LogP contribution < -0.4 is 10.4 Å². The van der Waals surface area contributed by atoms with Crippen LogP contribution in [0.3, 0.4) is 0 Å². The van der Waals surface area contributed by atoms with Crippen molar-refractivity contribution in [1.29, 1.82) is 0 Å². The molecule has 0 radical (unpaired) electrons. The van der Waals surface area contributed by atoms with Crippen LogP contribution in [0.2, 0.25) is 0 Å². The van der Waals surface area contributed by atoms with Gasteiger partial charge in [-0.1, -0.05) is 0 Å². The van der Waals surface area contributed by atoms with Crippen LogP contribution in [-0.2, 0) is 4.79 Å². The molecule has 0 saturated heterocycles. The maximum absolute atomic E-state index is 11.0. The molecule has 0 saturated carbocycles. The molecule has 88 valence electrons. The van der Waals surface area contributed by atoms with Gasteiger partial charge in [-0.25, -0.2) is 4.79 Å². The zero-order valence-corrected chi connectivity index (χ0v) is 9.73. The van der Waals surface area contributed by atoms with Gasteiger partial charge < -0.3 is 9.15 Å². The summed E-state index contributed by atoms with van der Waals surface area (Å²) in [6.07, 6.45) is -0.746. The lowest BCUT2D eigenvalue weighted by atomic mass is 10.2. The van der Waals surface area contributed by atoms with Crippen molar-refractivity contribution in [3.63, 3.8) is 0 Å². The van der Waals surface area contributed by atoms with Gasteiger partial charge in [0.05, 0.1) is 0 Å². The highest BCUT2D eigenvalue weighted by molar-refractivity contribution is 6.64. The smallest absolute Gasteiger partial charge is 0.336 e. The topological polar surface area (TPSA) is 56.5 Å². The maximum atomic E-state index is 11.0. The molecular weight excluding hydrogens is 244 g/mol. The summed E-state index contributed by atoms with van der Waals surface area (Å²) in [6, 6.07) is 7.96. The van der Waals surface area contributed by atoms with Crippen molar-refractivity contribution >= 4 is 27.8 Å². The molecule has 0 aliphatic heterocycles. The van der Waals surface area contributed by atoms with E-state index in [1.807, 2.05) is 0 Å². The number of fused-ring (bicyclic) bond motifs is 1. The molecule has 4 nitrogen and oxygen atoms in total. The van der Waals surface area contributed by atoms with E-state index in [0.29, 0.717) is 11.3 Å². The quantitative estimate of drug-likeness (QED) is 0.621. The number of carbonyl (C=O) groups excluding carboxylic acids is 1. The molecule has 2 rings (SSSR count). The van der Waals surface area contributed by atoms with E-state index >= 15 is 0 Å². The zero-order chi connectivity index (χ0) is 12.4. The Morgan fingerprint density at radius 2 is 2.06 bits per heavy atom. The number of hydrogen-bond acceptors (Lipinski definition) is 4. The van der Waals surface area contributed by atoms with E-state index in [4.69, 9.17) is 20.8 Å². The normalized spacial score (nSPS) is 12.4. The second-order valence-corrected chi connectivity index (χ2v) is 3.89. The van der Waals surface area contributed by atoms with Crippen molar-refractivity contribution in [2.75, 3.05) is 0 Å². The lowest BCUT2D eigenvalue weighted by Gasteiger charge is -2.10. The molecule has 1 unspecified atom stereocenters. The molecule has 0 bridgehead atoms. The molecule has 1 atom stereocenters. The predicted octanol–water partition coefficient (Wildman–Crippen LogP) is 2.33. The minimum atomic E-state index is -0.746. The van der Waals surface area contributed by atoms with Crippen molar-refractivity contribution in [1.82, 2.24) is 0 Å². The van der Waals surface area contributed by atoms with Gasteiger partial charge >= 0.3 is 5.63 Å². The molecule has 1 heterocycles. The average molecular weight is 253 g/mol.